The van der Waals surface area contributed by atoms with Gasteiger partial charge in [-0.15, -0.1) is 0 Å². The quantitative estimate of drug-likeness (QED) is 0.630. The molecule has 3 aliphatic rings. The minimum atomic E-state index is -4.82. The molecular weight excluding hydrogens is 454 g/mol. The third-order valence-electron chi connectivity index (χ3n) is 4.50. The smallest absolute Gasteiger partial charge is 0.435 e. The Labute approximate surface area is 176 Å². The lowest BCUT2D eigenvalue weighted by Crippen LogP contribution is -2.43. The van der Waals surface area contributed by atoms with Gasteiger partial charge in [-0.2, -0.15) is 13.2 Å². The van der Waals surface area contributed by atoms with Gasteiger partial charge in [0.15, 0.2) is 0 Å². The van der Waals surface area contributed by atoms with Crippen LogP contribution < -0.4 is 4.72 Å². The fraction of sp³-hybridized carbons (Fsp3) is 0.176. The zero-order valence-electron chi connectivity index (χ0n) is 14.1. The Morgan fingerprint density at radius 3 is 2.55 bits per heavy atom. The third kappa shape index (κ3) is 3.24. The average Bonchev–Trinajstić information content (AvgIpc) is 3.27. The number of benzene rings is 1. The number of fused-ring (bicyclic) bond motifs is 1. The molecule has 0 saturated heterocycles. The van der Waals surface area contributed by atoms with Crippen LogP contribution in [0, 0.1) is 0 Å². The van der Waals surface area contributed by atoms with E-state index in [1.165, 1.54) is 28.7 Å². The Kier molecular flexibility index (Phi) is 4.75. The van der Waals surface area contributed by atoms with E-state index in [9.17, 15) is 23.1 Å². The molecule has 1 aromatic rings. The standard InChI is InChI=1S/C17H10Cl2F3N3O3S/c18-9-3-8(4-10(19)5-9)16(17(20,21)22)6-12(24-28-16)13-2-1-11(15(26)27)14-7-23-29-25(13)14/h1-5,7,23H,6H2,(H,26,27). The van der Waals surface area contributed by atoms with Crippen LogP contribution in [0.25, 0.3) is 0 Å². The number of carbonyl (C=O) groups is 1. The number of rotatable bonds is 3. The van der Waals surface area contributed by atoms with Gasteiger partial charge in [0.25, 0.3) is 5.60 Å². The maximum Gasteiger partial charge on any atom is 0.435 e. The minimum Gasteiger partial charge on any atom is -0.478 e. The number of nitrogens with zero attached hydrogens (tertiary/aromatic N) is 2. The molecule has 12 heteroatoms. The molecule has 1 atom stereocenters. The van der Waals surface area contributed by atoms with Crippen molar-refractivity contribution in [2.45, 2.75) is 18.2 Å². The number of oxime groups is 1. The van der Waals surface area contributed by atoms with E-state index in [1.807, 2.05) is 0 Å². The Morgan fingerprint density at radius 2 is 1.93 bits per heavy atom. The van der Waals surface area contributed by atoms with Crippen molar-refractivity contribution in [3.63, 3.8) is 0 Å². The molecule has 29 heavy (non-hydrogen) atoms. The highest BCUT2D eigenvalue weighted by Crippen LogP contribution is 2.51. The van der Waals surface area contributed by atoms with Crippen molar-refractivity contribution in [3.05, 3.63) is 69.1 Å². The fourth-order valence-electron chi connectivity index (χ4n) is 3.15. The van der Waals surface area contributed by atoms with Crippen molar-refractivity contribution >= 4 is 47.0 Å². The minimum absolute atomic E-state index is 0.00112. The van der Waals surface area contributed by atoms with Gasteiger partial charge in [0.2, 0.25) is 0 Å². The summed E-state index contributed by atoms with van der Waals surface area (Å²) >= 11 is 12.8. The zero-order chi connectivity index (χ0) is 21.0. The molecule has 0 bridgehead atoms. The number of carboxylic acids is 1. The Balaban J connectivity index is 1.74. The second-order valence-electron chi connectivity index (χ2n) is 6.26. The lowest BCUT2D eigenvalue weighted by atomic mass is 9.87. The molecular formula is C17H10Cl2F3N3O3S. The molecule has 2 N–H and O–H groups in total. The molecule has 0 aliphatic carbocycles. The van der Waals surface area contributed by atoms with E-state index in [0.717, 1.165) is 24.3 Å². The Bertz CT molecular complexity index is 1020. The van der Waals surface area contributed by atoms with E-state index in [4.69, 9.17) is 28.0 Å². The van der Waals surface area contributed by atoms with Crippen LogP contribution in [0.3, 0.4) is 0 Å². The summed E-state index contributed by atoms with van der Waals surface area (Å²) < 4.78 is 46.5. The highest BCUT2D eigenvalue weighted by atomic mass is 35.5. The van der Waals surface area contributed by atoms with Gasteiger partial charge in [0.05, 0.1) is 35.5 Å². The van der Waals surface area contributed by atoms with E-state index in [2.05, 4.69) is 9.88 Å². The average molecular weight is 464 g/mol. The van der Waals surface area contributed by atoms with Crippen molar-refractivity contribution < 1.29 is 27.9 Å². The summed E-state index contributed by atoms with van der Waals surface area (Å²) in [6.07, 6.45) is -1.32. The summed E-state index contributed by atoms with van der Waals surface area (Å²) in [7, 11) is 0. The molecule has 152 valence electrons. The van der Waals surface area contributed by atoms with Crippen molar-refractivity contribution in [2.75, 3.05) is 0 Å². The first-order chi connectivity index (χ1) is 13.6. The van der Waals surface area contributed by atoms with Crippen LogP contribution in [0.2, 0.25) is 10.0 Å². The summed E-state index contributed by atoms with van der Waals surface area (Å²) in [6, 6.07) is 3.59. The van der Waals surface area contributed by atoms with E-state index in [-0.39, 0.29) is 38.3 Å². The molecule has 0 spiro atoms. The molecule has 0 saturated carbocycles. The summed E-state index contributed by atoms with van der Waals surface area (Å²) in [5, 5.41) is 13.1. The summed E-state index contributed by atoms with van der Waals surface area (Å²) in [5.74, 6) is -1.16. The molecule has 1 unspecified atom stereocenters. The van der Waals surface area contributed by atoms with Crippen LogP contribution in [0.1, 0.15) is 12.0 Å². The zero-order valence-corrected chi connectivity index (χ0v) is 16.5. The molecule has 6 nitrogen and oxygen atoms in total. The molecule has 0 aromatic heterocycles. The fourth-order valence-corrected chi connectivity index (χ4v) is 4.46. The number of allylic oxidation sites excluding steroid dienone is 3. The number of hydrogen-bond acceptors (Lipinski definition) is 6. The van der Waals surface area contributed by atoms with Crippen LogP contribution in [0.15, 0.2) is 58.7 Å². The molecule has 0 radical (unpaired) electrons. The van der Waals surface area contributed by atoms with Gasteiger partial charge in [0.1, 0.15) is 5.71 Å². The number of aliphatic carboxylic acids is 1. The second-order valence-corrected chi connectivity index (χ2v) is 7.92. The molecule has 0 fully saturated rings. The second kappa shape index (κ2) is 6.89. The van der Waals surface area contributed by atoms with E-state index in [1.54, 1.807) is 0 Å². The monoisotopic (exact) mass is 463 g/mol. The lowest BCUT2D eigenvalue weighted by molar-refractivity contribution is -0.275. The number of carboxylic acid groups (broad SMARTS) is 1. The SMILES string of the molecule is O=C(O)C1=CC=C(C2=NOC(c3cc(Cl)cc(Cl)c3)(C(F)(F)F)C2)N2SNC=C12. The summed E-state index contributed by atoms with van der Waals surface area (Å²) in [6.45, 7) is 0. The van der Waals surface area contributed by atoms with Crippen molar-refractivity contribution in [1.82, 2.24) is 9.03 Å². The van der Waals surface area contributed by atoms with Crippen molar-refractivity contribution in [1.29, 1.82) is 0 Å². The third-order valence-corrected chi connectivity index (χ3v) is 5.74. The first-order valence-corrected chi connectivity index (χ1v) is 9.52. The van der Waals surface area contributed by atoms with Gasteiger partial charge in [-0.25, -0.2) is 4.79 Å². The van der Waals surface area contributed by atoms with E-state index >= 15 is 0 Å². The number of nitrogens with one attached hydrogen (secondary N) is 1. The van der Waals surface area contributed by atoms with Crippen molar-refractivity contribution in [3.8, 4) is 0 Å². The van der Waals surface area contributed by atoms with Crippen LogP contribution in [0.5, 0.6) is 0 Å². The maximum atomic E-state index is 14.1. The maximum absolute atomic E-state index is 14.1. The lowest BCUT2D eigenvalue weighted by Gasteiger charge is -2.30. The Hall–Kier alpha value is -2.30. The summed E-state index contributed by atoms with van der Waals surface area (Å²) in [4.78, 5) is 16.4. The van der Waals surface area contributed by atoms with Crippen LogP contribution in [-0.4, -0.2) is 27.3 Å². The highest BCUT2D eigenvalue weighted by molar-refractivity contribution is 7.95. The highest BCUT2D eigenvalue weighted by Gasteiger charge is 2.63. The largest absolute Gasteiger partial charge is 0.478 e. The van der Waals surface area contributed by atoms with Gasteiger partial charge in [-0.3, -0.25) is 4.31 Å². The number of halogens is 5. The van der Waals surface area contributed by atoms with Gasteiger partial charge < -0.3 is 14.7 Å². The van der Waals surface area contributed by atoms with E-state index < -0.39 is 24.2 Å². The van der Waals surface area contributed by atoms with Crippen LogP contribution in [-0.2, 0) is 15.2 Å². The molecule has 4 rings (SSSR count). The molecule has 3 heterocycles. The van der Waals surface area contributed by atoms with Crippen LogP contribution >= 0.6 is 35.3 Å². The topological polar surface area (TPSA) is 74.2 Å². The van der Waals surface area contributed by atoms with Gasteiger partial charge >= 0.3 is 12.1 Å². The van der Waals surface area contributed by atoms with Gasteiger partial charge in [-0.05, 0) is 30.4 Å². The predicted molar refractivity (Wildman–Crippen MR) is 102 cm³/mol. The van der Waals surface area contributed by atoms with Gasteiger partial charge in [-0.1, -0.05) is 28.4 Å². The van der Waals surface area contributed by atoms with Crippen LogP contribution in [0.4, 0.5) is 13.2 Å². The normalized spacial score (nSPS) is 23.4. The summed E-state index contributed by atoms with van der Waals surface area (Å²) in [5.41, 5.74) is -2.48. The first kappa shape index (κ1) is 20.0. The number of hydrogen-bond donors (Lipinski definition) is 2. The number of alkyl halides is 3. The molecule has 1 aromatic carbocycles. The Morgan fingerprint density at radius 1 is 1.24 bits per heavy atom. The first-order valence-electron chi connectivity index (χ1n) is 7.99. The van der Waals surface area contributed by atoms with Gasteiger partial charge in [0, 0.05) is 21.8 Å². The predicted octanol–water partition coefficient (Wildman–Crippen LogP) is 4.75. The molecule has 3 aliphatic heterocycles. The molecule has 0 amide bonds. The van der Waals surface area contributed by atoms with Crippen molar-refractivity contribution in [2.24, 2.45) is 5.16 Å². The van der Waals surface area contributed by atoms with E-state index in [0.29, 0.717) is 0 Å².